The number of carbonyl (C=O) groups excluding carboxylic acids is 1. The number of alkyl halides is 2. The van der Waals surface area contributed by atoms with Gasteiger partial charge < -0.3 is 15.4 Å². The van der Waals surface area contributed by atoms with Crippen molar-refractivity contribution < 1.29 is 18.3 Å². The molecule has 0 spiro atoms. The second kappa shape index (κ2) is 10.8. The maximum Gasteiger partial charge on any atom is 0.257 e. The van der Waals surface area contributed by atoms with Gasteiger partial charge >= 0.3 is 0 Å². The van der Waals surface area contributed by atoms with Crippen LogP contribution in [0.25, 0.3) is 11.4 Å². The Morgan fingerprint density at radius 3 is 2.42 bits per heavy atom. The Kier molecular flexibility index (Phi) is 8.47. The summed E-state index contributed by atoms with van der Waals surface area (Å²) in [7, 11) is 4.81. The molecule has 166 valence electrons. The van der Waals surface area contributed by atoms with Crippen LogP contribution in [-0.2, 0) is 7.05 Å². The average Bonchev–Trinajstić information content (AvgIpc) is 3.09. The third-order valence-corrected chi connectivity index (χ3v) is 4.22. The van der Waals surface area contributed by atoms with Crippen LogP contribution in [0.15, 0.2) is 42.5 Å². The Labute approximate surface area is 184 Å². The van der Waals surface area contributed by atoms with Crippen molar-refractivity contribution in [1.29, 1.82) is 0 Å². The highest BCUT2D eigenvalue weighted by atomic mass is 35.5. The fourth-order valence-electron chi connectivity index (χ4n) is 2.54. The van der Waals surface area contributed by atoms with E-state index in [2.05, 4.69) is 20.7 Å². The van der Waals surface area contributed by atoms with Gasteiger partial charge in [-0.2, -0.15) is 4.98 Å². The van der Waals surface area contributed by atoms with Crippen LogP contribution in [0.5, 0.6) is 5.75 Å². The first-order chi connectivity index (χ1) is 14.7. The van der Waals surface area contributed by atoms with Gasteiger partial charge in [0.2, 0.25) is 5.95 Å². The van der Waals surface area contributed by atoms with E-state index in [-0.39, 0.29) is 6.54 Å². The first kappa shape index (κ1) is 24.2. The molecule has 31 heavy (non-hydrogen) atoms. The van der Waals surface area contributed by atoms with Crippen molar-refractivity contribution in [2.75, 3.05) is 26.0 Å². The van der Waals surface area contributed by atoms with E-state index in [1.165, 1.54) is 14.2 Å². The molecule has 1 aromatic heterocycles. The molecule has 3 aromatic rings. The lowest BCUT2D eigenvalue weighted by Gasteiger charge is -2.06. The van der Waals surface area contributed by atoms with E-state index in [0.717, 1.165) is 24.5 Å². The Balaban J connectivity index is 0.000000423. The molecule has 0 amide bonds. The smallest absolute Gasteiger partial charge is 0.257 e. The van der Waals surface area contributed by atoms with Gasteiger partial charge in [0.1, 0.15) is 5.75 Å². The number of aryl methyl sites for hydroxylation is 1. The number of carbonyl (C=O) groups is 1. The minimum atomic E-state index is -2.56. The highest BCUT2D eigenvalue weighted by molar-refractivity contribution is 6.30. The van der Waals surface area contributed by atoms with Gasteiger partial charge in [-0.25, -0.2) is 13.5 Å². The van der Waals surface area contributed by atoms with E-state index in [9.17, 15) is 13.6 Å². The molecule has 0 radical (unpaired) electrons. The standard InChI is InChI=1S/C17H15ClN4O2.C4H9F2N/c1-22-17(19-14-7-5-13(18)6-8-14)20-16(21-22)11-3-4-12(10-23)15(9-11)24-2;1-4(5,6)3-7-2/h3-10H,1-2H3,(H,19,20,21);7H,3H2,1-2H3. The van der Waals surface area contributed by atoms with Gasteiger partial charge in [0.15, 0.2) is 12.1 Å². The van der Waals surface area contributed by atoms with Crippen LogP contribution in [0.3, 0.4) is 0 Å². The first-order valence-corrected chi connectivity index (χ1v) is 9.64. The summed E-state index contributed by atoms with van der Waals surface area (Å²) >= 11 is 5.89. The van der Waals surface area contributed by atoms with Crippen molar-refractivity contribution in [2.45, 2.75) is 12.8 Å². The van der Waals surface area contributed by atoms with E-state index >= 15 is 0 Å². The summed E-state index contributed by atoms with van der Waals surface area (Å²) < 4.78 is 30.2. The third-order valence-electron chi connectivity index (χ3n) is 3.97. The maximum atomic E-state index is 11.7. The number of nitrogens with one attached hydrogen (secondary N) is 2. The van der Waals surface area contributed by atoms with Crippen LogP contribution < -0.4 is 15.4 Å². The molecule has 3 rings (SSSR count). The molecule has 2 N–H and O–H groups in total. The Hall–Kier alpha value is -3.04. The summed E-state index contributed by atoms with van der Waals surface area (Å²) in [6.07, 6.45) is 0.752. The Bertz CT molecular complexity index is 1000. The fourth-order valence-corrected chi connectivity index (χ4v) is 2.66. The number of halogens is 3. The SMILES string of the molecule is CNCC(C)(F)F.COc1cc(-c2nc(Nc3ccc(Cl)cc3)n(C)n2)ccc1C=O. The lowest BCUT2D eigenvalue weighted by atomic mass is 10.1. The fraction of sp³-hybridized carbons (Fsp3) is 0.286. The zero-order chi connectivity index (χ0) is 23.0. The molecule has 2 aromatic carbocycles. The molecule has 1 heterocycles. The molecule has 0 aliphatic rings. The normalized spacial score (nSPS) is 10.8. The van der Waals surface area contributed by atoms with Crippen molar-refractivity contribution in [3.05, 3.63) is 53.1 Å². The summed E-state index contributed by atoms with van der Waals surface area (Å²) in [5.41, 5.74) is 2.10. The maximum absolute atomic E-state index is 11.7. The van der Waals surface area contributed by atoms with Crippen molar-refractivity contribution in [3.63, 3.8) is 0 Å². The molecule has 0 saturated heterocycles. The van der Waals surface area contributed by atoms with Crippen LogP contribution >= 0.6 is 11.6 Å². The predicted octanol–water partition coefficient (Wildman–Crippen LogP) is 4.56. The van der Waals surface area contributed by atoms with Crippen molar-refractivity contribution in [2.24, 2.45) is 7.05 Å². The molecule has 0 bridgehead atoms. The number of aldehydes is 1. The summed E-state index contributed by atoms with van der Waals surface area (Å²) in [5.74, 6) is -0.952. The monoisotopic (exact) mass is 451 g/mol. The van der Waals surface area contributed by atoms with E-state index < -0.39 is 5.92 Å². The van der Waals surface area contributed by atoms with Crippen LogP contribution in [0.4, 0.5) is 20.4 Å². The highest BCUT2D eigenvalue weighted by Crippen LogP contribution is 2.26. The number of nitrogens with zero attached hydrogens (tertiary/aromatic N) is 3. The number of methoxy groups -OCH3 is 1. The number of hydrogen-bond donors (Lipinski definition) is 2. The van der Waals surface area contributed by atoms with Crippen molar-refractivity contribution in [1.82, 2.24) is 20.1 Å². The van der Waals surface area contributed by atoms with Gasteiger partial charge in [-0.1, -0.05) is 17.7 Å². The molecule has 0 aliphatic heterocycles. The lowest BCUT2D eigenvalue weighted by Crippen LogP contribution is -2.26. The van der Waals surface area contributed by atoms with Gasteiger partial charge in [0.25, 0.3) is 5.92 Å². The number of ether oxygens (including phenoxy) is 1. The zero-order valence-corrected chi connectivity index (χ0v) is 18.4. The minimum Gasteiger partial charge on any atom is -0.496 e. The van der Waals surface area contributed by atoms with Gasteiger partial charge in [-0.05, 0) is 43.4 Å². The second-order valence-corrected chi connectivity index (χ2v) is 7.13. The van der Waals surface area contributed by atoms with E-state index in [1.54, 1.807) is 42.1 Å². The summed E-state index contributed by atoms with van der Waals surface area (Å²) in [6.45, 7) is 0.635. The second-order valence-electron chi connectivity index (χ2n) is 6.69. The first-order valence-electron chi connectivity index (χ1n) is 9.26. The molecule has 7 nitrogen and oxygen atoms in total. The molecule has 0 aliphatic carbocycles. The quantitative estimate of drug-likeness (QED) is 0.512. The predicted molar refractivity (Wildman–Crippen MR) is 118 cm³/mol. The average molecular weight is 452 g/mol. The molecule has 10 heteroatoms. The van der Waals surface area contributed by atoms with Crippen molar-refractivity contribution in [3.8, 4) is 17.1 Å². The van der Waals surface area contributed by atoms with Crippen LogP contribution in [0.2, 0.25) is 5.02 Å². The van der Waals surface area contributed by atoms with Gasteiger partial charge in [0, 0.05) is 30.2 Å². The van der Waals surface area contributed by atoms with Crippen LogP contribution in [0, 0.1) is 0 Å². The number of hydrogen-bond acceptors (Lipinski definition) is 6. The third kappa shape index (κ3) is 7.30. The summed E-state index contributed by atoms with van der Waals surface area (Å²) in [5, 5.41) is 10.6. The van der Waals surface area contributed by atoms with Gasteiger partial charge in [0.05, 0.1) is 19.2 Å². The number of rotatable bonds is 7. The Morgan fingerprint density at radius 2 is 1.90 bits per heavy atom. The van der Waals surface area contributed by atoms with E-state index in [1.807, 2.05) is 12.1 Å². The molecule has 0 unspecified atom stereocenters. The summed E-state index contributed by atoms with van der Waals surface area (Å²) in [6, 6.07) is 12.5. The van der Waals surface area contributed by atoms with Gasteiger partial charge in [-0.3, -0.25) is 4.79 Å². The van der Waals surface area contributed by atoms with Crippen LogP contribution in [-0.4, -0.2) is 47.7 Å². The Morgan fingerprint density at radius 1 is 1.23 bits per heavy atom. The van der Waals surface area contributed by atoms with E-state index in [0.29, 0.717) is 28.1 Å². The van der Waals surface area contributed by atoms with Crippen LogP contribution in [0.1, 0.15) is 17.3 Å². The topological polar surface area (TPSA) is 81.1 Å². The highest BCUT2D eigenvalue weighted by Gasteiger charge is 2.18. The number of aromatic nitrogens is 3. The zero-order valence-electron chi connectivity index (χ0n) is 17.6. The van der Waals surface area contributed by atoms with Gasteiger partial charge in [-0.15, -0.1) is 5.10 Å². The number of benzene rings is 2. The lowest BCUT2D eigenvalue weighted by molar-refractivity contribution is 0.0247. The summed E-state index contributed by atoms with van der Waals surface area (Å²) in [4.78, 5) is 15.5. The molecule has 0 atom stereocenters. The van der Waals surface area contributed by atoms with E-state index in [4.69, 9.17) is 16.3 Å². The number of anilines is 2. The largest absolute Gasteiger partial charge is 0.496 e. The molecular formula is C21H24ClF2N5O2. The van der Waals surface area contributed by atoms with Crippen molar-refractivity contribution >= 4 is 29.5 Å². The molecular weight excluding hydrogens is 428 g/mol. The molecule has 0 fully saturated rings. The molecule has 0 saturated carbocycles. The minimum absolute atomic E-state index is 0.243.